The summed E-state index contributed by atoms with van der Waals surface area (Å²) in [6.45, 7) is -0.00621. The van der Waals surface area contributed by atoms with Crippen LogP contribution in [0.4, 0.5) is 11.5 Å². The maximum atomic E-state index is 13.5. The number of H-pyrrole nitrogens is 1. The molecule has 8 nitrogen and oxygen atoms in total. The van der Waals surface area contributed by atoms with E-state index < -0.39 is 17.2 Å². The zero-order valence-electron chi connectivity index (χ0n) is 17.1. The van der Waals surface area contributed by atoms with E-state index in [0.29, 0.717) is 5.76 Å². The van der Waals surface area contributed by atoms with Crippen LogP contribution in [-0.2, 0) is 13.1 Å². The molecule has 0 unspecified atom stereocenters. The minimum absolute atomic E-state index is 0.102. The highest BCUT2D eigenvalue weighted by atomic mass is 35.5. The number of carbonyl (C=O) groups is 1. The van der Waals surface area contributed by atoms with Crippen LogP contribution >= 0.6 is 23.2 Å². The molecule has 2 aromatic heterocycles. The average molecular weight is 485 g/mol. The van der Waals surface area contributed by atoms with Gasteiger partial charge < -0.3 is 10.2 Å². The van der Waals surface area contributed by atoms with Crippen LogP contribution in [-0.4, -0.2) is 15.5 Å². The summed E-state index contributed by atoms with van der Waals surface area (Å²) in [5.74, 6) is -0.331. The van der Waals surface area contributed by atoms with Crippen LogP contribution in [0.15, 0.2) is 80.9 Å². The van der Waals surface area contributed by atoms with Crippen LogP contribution in [0.25, 0.3) is 0 Å². The lowest BCUT2D eigenvalue weighted by atomic mass is 10.1. The lowest BCUT2D eigenvalue weighted by molar-refractivity contribution is 0.0983. The van der Waals surface area contributed by atoms with Crippen molar-refractivity contribution in [3.63, 3.8) is 0 Å². The van der Waals surface area contributed by atoms with E-state index in [2.05, 4.69) is 4.98 Å². The van der Waals surface area contributed by atoms with Gasteiger partial charge in [0.25, 0.3) is 11.5 Å². The number of nitrogens with two attached hydrogens (primary N) is 1. The number of nitrogen functional groups attached to an aromatic ring is 1. The number of hydrogen-bond acceptors (Lipinski definition) is 5. The first-order valence-corrected chi connectivity index (χ1v) is 10.6. The molecule has 168 valence electrons. The van der Waals surface area contributed by atoms with E-state index in [1.165, 1.54) is 29.0 Å². The smallest absolute Gasteiger partial charge is 0.330 e. The predicted octanol–water partition coefficient (Wildman–Crippen LogP) is 3.91. The van der Waals surface area contributed by atoms with Crippen LogP contribution in [0.3, 0.4) is 0 Å². The number of amides is 1. The van der Waals surface area contributed by atoms with Crippen LogP contribution in [0, 0.1) is 0 Å². The van der Waals surface area contributed by atoms with Crippen molar-refractivity contribution in [3.8, 4) is 0 Å². The highest BCUT2D eigenvalue weighted by Gasteiger charge is 2.27. The molecule has 10 heteroatoms. The lowest BCUT2D eigenvalue weighted by Crippen LogP contribution is -2.41. The van der Waals surface area contributed by atoms with Gasteiger partial charge in [-0.3, -0.25) is 24.0 Å². The fourth-order valence-electron chi connectivity index (χ4n) is 3.36. The third-order valence-corrected chi connectivity index (χ3v) is 5.71. The highest BCUT2D eigenvalue weighted by Crippen LogP contribution is 2.26. The molecular formula is C23H18Cl2N4O4. The van der Waals surface area contributed by atoms with Gasteiger partial charge in [0.1, 0.15) is 11.6 Å². The number of carbonyl (C=O) groups excluding carboxylic acids is 1. The molecule has 3 N–H and O–H groups in total. The zero-order valence-corrected chi connectivity index (χ0v) is 18.6. The summed E-state index contributed by atoms with van der Waals surface area (Å²) in [4.78, 5) is 42.3. The Bertz CT molecular complexity index is 1410. The van der Waals surface area contributed by atoms with Crippen LogP contribution in [0.2, 0.25) is 10.0 Å². The highest BCUT2D eigenvalue weighted by molar-refractivity contribution is 6.42. The Morgan fingerprint density at radius 2 is 1.79 bits per heavy atom. The Hall–Kier alpha value is -3.75. The molecule has 0 radical (unpaired) electrons. The van der Waals surface area contributed by atoms with Gasteiger partial charge in [-0.05, 0) is 35.9 Å². The molecule has 0 saturated heterocycles. The Kier molecular flexibility index (Phi) is 6.39. The first-order valence-electron chi connectivity index (χ1n) is 9.81. The predicted molar refractivity (Wildman–Crippen MR) is 127 cm³/mol. The second-order valence-corrected chi connectivity index (χ2v) is 7.98. The fraction of sp³-hybridized carbons (Fsp3) is 0.0870. The van der Waals surface area contributed by atoms with Gasteiger partial charge in [-0.2, -0.15) is 0 Å². The molecule has 0 atom stereocenters. The average Bonchev–Trinajstić information content (AvgIpc) is 3.31. The minimum Gasteiger partial charge on any atom is -0.467 e. The van der Waals surface area contributed by atoms with Crippen molar-refractivity contribution in [1.29, 1.82) is 0 Å². The van der Waals surface area contributed by atoms with Gasteiger partial charge in [0.2, 0.25) is 0 Å². The van der Waals surface area contributed by atoms with Crippen molar-refractivity contribution < 1.29 is 9.21 Å². The SMILES string of the molecule is Nc1c(N(Cc2ccco2)C(=O)c2ccc(Cl)c(Cl)c2)c(=O)[nH]c(=O)n1Cc1ccccc1. The van der Waals surface area contributed by atoms with E-state index >= 15 is 0 Å². The quantitative estimate of drug-likeness (QED) is 0.430. The van der Waals surface area contributed by atoms with Gasteiger partial charge in [0.15, 0.2) is 5.69 Å². The summed E-state index contributed by atoms with van der Waals surface area (Å²) in [7, 11) is 0. The van der Waals surface area contributed by atoms with Crippen LogP contribution < -0.4 is 21.9 Å². The van der Waals surface area contributed by atoms with Crippen molar-refractivity contribution in [3.05, 3.63) is 115 Å². The number of benzene rings is 2. The van der Waals surface area contributed by atoms with Crippen LogP contribution in [0.1, 0.15) is 21.7 Å². The molecule has 0 spiro atoms. The van der Waals surface area contributed by atoms with Crippen molar-refractivity contribution in [2.45, 2.75) is 13.1 Å². The summed E-state index contributed by atoms with van der Waals surface area (Å²) >= 11 is 12.1. The first kappa shape index (κ1) is 22.4. The number of anilines is 2. The Morgan fingerprint density at radius 3 is 2.45 bits per heavy atom. The number of aromatic amines is 1. The molecule has 0 aliphatic heterocycles. The van der Waals surface area contributed by atoms with Crippen molar-refractivity contribution in [2.75, 3.05) is 10.6 Å². The number of rotatable bonds is 6. The summed E-state index contributed by atoms with van der Waals surface area (Å²) in [6.07, 6.45) is 1.45. The number of aromatic nitrogens is 2. The van der Waals surface area contributed by atoms with E-state index in [1.807, 2.05) is 30.3 Å². The molecule has 33 heavy (non-hydrogen) atoms. The second kappa shape index (κ2) is 9.40. The van der Waals surface area contributed by atoms with Gasteiger partial charge in [-0.25, -0.2) is 4.79 Å². The maximum absolute atomic E-state index is 13.5. The summed E-state index contributed by atoms with van der Waals surface area (Å²) in [5.41, 5.74) is 5.59. The maximum Gasteiger partial charge on any atom is 0.330 e. The Morgan fingerprint density at radius 1 is 1.03 bits per heavy atom. The molecular weight excluding hydrogens is 467 g/mol. The summed E-state index contributed by atoms with van der Waals surface area (Å²) in [5, 5.41) is 0.455. The number of hydrogen-bond donors (Lipinski definition) is 2. The van der Waals surface area contributed by atoms with Gasteiger partial charge >= 0.3 is 5.69 Å². The van der Waals surface area contributed by atoms with E-state index in [1.54, 1.807) is 12.1 Å². The minimum atomic E-state index is -0.804. The molecule has 0 bridgehead atoms. The molecule has 0 aliphatic carbocycles. The molecule has 0 aliphatic rings. The normalized spacial score (nSPS) is 10.8. The molecule has 0 saturated carbocycles. The van der Waals surface area contributed by atoms with E-state index in [-0.39, 0.29) is 40.2 Å². The molecule has 4 rings (SSSR count). The van der Waals surface area contributed by atoms with E-state index in [9.17, 15) is 14.4 Å². The number of nitrogens with one attached hydrogen (secondary N) is 1. The standard InChI is InChI=1S/C23H18Cl2N4O4/c24-17-9-8-15(11-18(17)25)22(31)28(13-16-7-4-10-33-16)19-20(26)29(23(32)27-21(19)30)12-14-5-2-1-3-6-14/h1-11H,12-13,26H2,(H,27,30,32). The molecule has 4 aromatic rings. The second-order valence-electron chi connectivity index (χ2n) is 7.16. The number of furan rings is 1. The molecule has 2 heterocycles. The zero-order chi connectivity index (χ0) is 23.5. The van der Waals surface area contributed by atoms with Gasteiger partial charge in [-0.1, -0.05) is 53.5 Å². The molecule has 0 fully saturated rings. The monoisotopic (exact) mass is 484 g/mol. The number of halogens is 2. The topological polar surface area (TPSA) is 114 Å². The summed E-state index contributed by atoms with van der Waals surface area (Å²) < 4.78 is 6.58. The van der Waals surface area contributed by atoms with Crippen molar-refractivity contribution in [1.82, 2.24) is 9.55 Å². The largest absolute Gasteiger partial charge is 0.467 e. The molecule has 2 aromatic carbocycles. The number of nitrogens with zero attached hydrogens (tertiary/aromatic N) is 2. The molecule has 1 amide bonds. The fourth-order valence-corrected chi connectivity index (χ4v) is 3.66. The van der Waals surface area contributed by atoms with Crippen molar-refractivity contribution in [2.24, 2.45) is 0 Å². The third kappa shape index (κ3) is 4.72. The first-order chi connectivity index (χ1) is 15.8. The Labute approximate surface area is 197 Å². The van der Waals surface area contributed by atoms with Crippen molar-refractivity contribution >= 4 is 40.6 Å². The Balaban J connectivity index is 1.85. The van der Waals surface area contributed by atoms with E-state index in [0.717, 1.165) is 10.5 Å². The summed E-state index contributed by atoms with van der Waals surface area (Å²) in [6, 6.07) is 16.8. The van der Waals surface area contributed by atoms with E-state index in [4.69, 9.17) is 33.4 Å². The van der Waals surface area contributed by atoms with Crippen LogP contribution in [0.5, 0.6) is 0 Å². The van der Waals surface area contributed by atoms with Gasteiger partial charge in [0, 0.05) is 5.56 Å². The van der Waals surface area contributed by atoms with Gasteiger partial charge in [0.05, 0.1) is 29.4 Å². The lowest BCUT2D eigenvalue weighted by Gasteiger charge is -2.24. The third-order valence-electron chi connectivity index (χ3n) is 4.97. The van der Waals surface area contributed by atoms with Gasteiger partial charge in [-0.15, -0.1) is 0 Å².